The summed E-state index contributed by atoms with van der Waals surface area (Å²) in [5.74, 6) is 0.0537. The predicted molar refractivity (Wildman–Crippen MR) is 75.1 cm³/mol. The first-order valence-electron chi connectivity index (χ1n) is 6.33. The second-order valence-electron chi connectivity index (χ2n) is 4.42. The van der Waals surface area contributed by atoms with Crippen LogP contribution in [0, 0.1) is 0 Å². The molecule has 2 aromatic rings. The number of alkyl halides is 3. The van der Waals surface area contributed by atoms with Crippen molar-refractivity contribution < 1.29 is 13.2 Å². The van der Waals surface area contributed by atoms with Crippen molar-refractivity contribution in [3.8, 4) is 0 Å². The van der Waals surface area contributed by atoms with E-state index in [-0.39, 0.29) is 11.9 Å². The van der Waals surface area contributed by atoms with E-state index in [4.69, 9.17) is 11.6 Å². The Kier molecular flexibility index (Phi) is 4.67. The minimum atomic E-state index is -4.56. The van der Waals surface area contributed by atoms with Gasteiger partial charge in [-0.3, -0.25) is 0 Å². The van der Waals surface area contributed by atoms with Crippen molar-refractivity contribution in [2.24, 2.45) is 0 Å². The topological polar surface area (TPSA) is 37.8 Å². The van der Waals surface area contributed by atoms with Crippen LogP contribution in [-0.2, 0) is 6.18 Å². The molecule has 1 atom stereocenters. The first-order valence-corrected chi connectivity index (χ1v) is 6.71. The van der Waals surface area contributed by atoms with Crippen molar-refractivity contribution in [2.45, 2.75) is 25.6 Å². The maximum atomic E-state index is 12.7. The summed E-state index contributed by atoms with van der Waals surface area (Å²) in [7, 11) is 0. The maximum absolute atomic E-state index is 12.7. The molecule has 0 saturated carbocycles. The average Bonchev–Trinajstić information content (AvgIpc) is 2.44. The lowest BCUT2D eigenvalue weighted by Gasteiger charge is -2.18. The molecule has 0 radical (unpaired) electrons. The van der Waals surface area contributed by atoms with Gasteiger partial charge in [-0.1, -0.05) is 37.3 Å². The molecule has 0 saturated heterocycles. The van der Waals surface area contributed by atoms with Crippen LogP contribution in [0.25, 0.3) is 0 Å². The number of anilines is 1. The van der Waals surface area contributed by atoms with Gasteiger partial charge in [0.15, 0.2) is 5.69 Å². The van der Waals surface area contributed by atoms with Gasteiger partial charge in [0, 0.05) is 6.07 Å². The molecule has 0 spiro atoms. The molecular weight excluding hydrogens is 303 g/mol. The van der Waals surface area contributed by atoms with E-state index >= 15 is 0 Å². The van der Waals surface area contributed by atoms with E-state index in [0.717, 1.165) is 11.6 Å². The van der Waals surface area contributed by atoms with Gasteiger partial charge in [-0.2, -0.15) is 13.2 Å². The molecule has 3 nitrogen and oxygen atoms in total. The molecule has 0 amide bonds. The quantitative estimate of drug-likeness (QED) is 0.830. The van der Waals surface area contributed by atoms with E-state index in [1.165, 1.54) is 0 Å². The zero-order valence-corrected chi connectivity index (χ0v) is 11.9. The van der Waals surface area contributed by atoms with Crippen LogP contribution in [-0.4, -0.2) is 9.97 Å². The molecule has 1 aromatic carbocycles. The first kappa shape index (κ1) is 15.6. The lowest BCUT2D eigenvalue weighted by molar-refractivity contribution is -0.141. The fraction of sp³-hybridized carbons (Fsp3) is 0.286. The lowest BCUT2D eigenvalue weighted by atomic mass is 10.0. The zero-order valence-electron chi connectivity index (χ0n) is 11.2. The van der Waals surface area contributed by atoms with Crippen LogP contribution in [0.2, 0.25) is 5.28 Å². The third-order valence-corrected chi connectivity index (χ3v) is 3.09. The summed E-state index contributed by atoms with van der Waals surface area (Å²) in [5.41, 5.74) is -0.101. The first-order chi connectivity index (χ1) is 9.90. The van der Waals surface area contributed by atoms with E-state index in [9.17, 15) is 13.2 Å². The molecule has 1 unspecified atom stereocenters. The highest BCUT2D eigenvalue weighted by molar-refractivity contribution is 6.28. The molecule has 1 aromatic heterocycles. The summed E-state index contributed by atoms with van der Waals surface area (Å²) in [6.45, 7) is 1.93. The summed E-state index contributed by atoms with van der Waals surface area (Å²) in [4.78, 5) is 7.00. The van der Waals surface area contributed by atoms with E-state index in [1.807, 2.05) is 37.3 Å². The standard InChI is InChI=1S/C14H13ClF3N3/c1-2-10(9-6-4-3-5-7-9)19-12-8-11(14(16,17)18)20-13(15)21-12/h3-8,10H,2H2,1H3,(H,19,20,21). The molecule has 0 aliphatic rings. The van der Waals surface area contributed by atoms with E-state index in [2.05, 4.69) is 15.3 Å². The van der Waals surface area contributed by atoms with Gasteiger partial charge in [0.2, 0.25) is 5.28 Å². The van der Waals surface area contributed by atoms with Crippen molar-refractivity contribution in [2.75, 3.05) is 5.32 Å². The number of benzene rings is 1. The Hall–Kier alpha value is -1.82. The van der Waals surface area contributed by atoms with Crippen LogP contribution in [0.1, 0.15) is 30.6 Å². The molecule has 7 heteroatoms. The van der Waals surface area contributed by atoms with Crippen molar-refractivity contribution >= 4 is 17.4 Å². The van der Waals surface area contributed by atoms with Gasteiger partial charge < -0.3 is 5.32 Å². The van der Waals surface area contributed by atoms with Gasteiger partial charge in [0.05, 0.1) is 6.04 Å². The SMILES string of the molecule is CCC(Nc1cc(C(F)(F)F)nc(Cl)n1)c1ccccc1. The maximum Gasteiger partial charge on any atom is 0.433 e. The average molecular weight is 316 g/mol. The highest BCUT2D eigenvalue weighted by Crippen LogP contribution is 2.30. The molecule has 1 N–H and O–H groups in total. The molecule has 21 heavy (non-hydrogen) atoms. The minimum Gasteiger partial charge on any atom is -0.363 e. The number of hydrogen-bond acceptors (Lipinski definition) is 3. The highest BCUT2D eigenvalue weighted by Gasteiger charge is 2.33. The number of hydrogen-bond donors (Lipinski definition) is 1. The summed E-state index contributed by atoms with van der Waals surface area (Å²) in [6, 6.07) is 10.1. The van der Waals surface area contributed by atoms with E-state index < -0.39 is 17.2 Å². The van der Waals surface area contributed by atoms with Crippen LogP contribution >= 0.6 is 11.6 Å². The third-order valence-electron chi connectivity index (χ3n) is 2.92. The Morgan fingerprint density at radius 3 is 2.43 bits per heavy atom. The molecule has 0 aliphatic carbocycles. The second-order valence-corrected chi connectivity index (χ2v) is 4.76. The van der Waals surface area contributed by atoms with E-state index in [1.54, 1.807) is 0 Å². The van der Waals surface area contributed by atoms with Crippen LogP contribution in [0.5, 0.6) is 0 Å². The van der Waals surface area contributed by atoms with Crippen LogP contribution in [0.3, 0.4) is 0 Å². The van der Waals surface area contributed by atoms with Gasteiger partial charge in [-0.25, -0.2) is 9.97 Å². The Morgan fingerprint density at radius 1 is 1.19 bits per heavy atom. The highest BCUT2D eigenvalue weighted by atomic mass is 35.5. The normalized spacial score (nSPS) is 13.0. The van der Waals surface area contributed by atoms with Crippen molar-refractivity contribution in [1.29, 1.82) is 0 Å². The number of nitrogens with zero attached hydrogens (tertiary/aromatic N) is 2. The second kappa shape index (κ2) is 6.30. The Bertz CT molecular complexity index is 602. The van der Waals surface area contributed by atoms with Gasteiger partial charge >= 0.3 is 6.18 Å². The fourth-order valence-corrected chi connectivity index (χ4v) is 2.10. The summed E-state index contributed by atoms with van der Waals surface area (Å²) >= 11 is 5.57. The molecule has 0 aliphatic heterocycles. The van der Waals surface area contributed by atoms with Gasteiger partial charge in [0.1, 0.15) is 5.82 Å². The van der Waals surface area contributed by atoms with Gasteiger partial charge in [-0.05, 0) is 23.6 Å². The molecule has 0 fully saturated rings. The molecule has 2 rings (SSSR count). The number of halogens is 4. The molecular formula is C14H13ClF3N3. The zero-order chi connectivity index (χ0) is 15.5. The predicted octanol–water partition coefficient (Wildman–Crippen LogP) is 4.71. The number of aromatic nitrogens is 2. The number of nitrogens with one attached hydrogen (secondary N) is 1. The van der Waals surface area contributed by atoms with Crippen LogP contribution in [0.4, 0.5) is 19.0 Å². The lowest BCUT2D eigenvalue weighted by Crippen LogP contribution is -2.14. The van der Waals surface area contributed by atoms with Crippen molar-refractivity contribution in [1.82, 2.24) is 9.97 Å². The van der Waals surface area contributed by atoms with E-state index in [0.29, 0.717) is 6.42 Å². The summed E-state index contributed by atoms with van der Waals surface area (Å²) in [5, 5.41) is 2.53. The van der Waals surface area contributed by atoms with Gasteiger partial charge in [0.25, 0.3) is 0 Å². The Balaban J connectivity index is 2.28. The van der Waals surface area contributed by atoms with Crippen molar-refractivity contribution in [3.05, 3.63) is 52.9 Å². The number of rotatable bonds is 4. The summed E-state index contributed by atoms with van der Waals surface area (Å²) < 4.78 is 38.1. The largest absolute Gasteiger partial charge is 0.433 e. The van der Waals surface area contributed by atoms with Crippen LogP contribution in [0.15, 0.2) is 36.4 Å². The Morgan fingerprint density at radius 2 is 1.86 bits per heavy atom. The van der Waals surface area contributed by atoms with Crippen molar-refractivity contribution in [3.63, 3.8) is 0 Å². The van der Waals surface area contributed by atoms with Crippen LogP contribution < -0.4 is 5.32 Å². The summed E-state index contributed by atoms with van der Waals surface area (Å²) in [6.07, 6.45) is -3.87. The minimum absolute atomic E-state index is 0.0537. The fourth-order valence-electron chi connectivity index (χ4n) is 1.92. The third kappa shape index (κ3) is 4.07. The molecule has 0 bridgehead atoms. The monoisotopic (exact) mass is 315 g/mol. The smallest absolute Gasteiger partial charge is 0.363 e. The molecule has 112 valence electrons. The van der Waals surface area contributed by atoms with Gasteiger partial charge in [-0.15, -0.1) is 0 Å². The Labute approximate surface area is 125 Å². The molecule has 1 heterocycles.